The highest BCUT2D eigenvalue weighted by Crippen LogP contribution is 2.31. The number of imide groups is 1. The molecule has 0 aromatic heterocycles. The van der Waals surface area contributed by atoms with Gasteiger partial charge in [-0.3, -0.25) is 19.3 Å². The molecular formula is C27H24N2O5. The summed E-state index contributed by atoms with van der Waals surface area (Å²) in [5.41, 5.74) is 4.03. The second-order valence-electron chi connectivity index (χ2n) is 8.25. The smallest absolute Gasteiger partial charge is 0.338 e. The van der Waals surface area contributed by atoms with Gasteiger partial charge in [-0.05, 0) is 67.8 Å². The monoisotopic (exact) mass is 456 g/mol. The van der Waals surface area contributed by atoms with Gasteiger partial charge in [-0.2, -0.15) is 0 Å². The Balaban J connectivity index is 1.43. The van der Waals surface area contributed by atoms with Crippen molar-refractivity contribution in [1.82, 2.24) is 4.90 Å². The van der Waals surface area contributed by atoms with Crippen molar-refractivity contribution in [3.8, 4) is 0 Å². The quantitative estimate of drug-likeness (QED) is 0.437. The van der Waals surface area contributed by atoms with E-state index in [9.17, 15) is 19.2 Å². The maximum Gasteiger partial charge on any atom is 0.338 e. The van der Waals surface area contributed by atoms with Gasteiger partial charge in [0.25, 0.3) is 17.7 Å². The van der Waals surface area contributed by atoms with E-state index in [-0.39, 0.29) is 16.7 Å². The number of nitrogens with zero attached hydrogens (tertiary/aromatic N) is 1. The number of hydrogen-bond donors (Lipinski definition) is 1. The fourth-order valence-corrected chi connectivity index (χ4v) is 3.85. The Bertz CT molecular complexity index is 1300. The van der Waals surface area contributed by atoms with Gasteiger partial charge < -0.3 is 10.1 Å². The molecule has 0 unspecified atom stereocenters. The highest BCUT2D eigenvalue weighted by atomic mass is 16.5. The number of carbonyl (C=O) groups excluding carboxylic acids is 4. The third kappa shape index (κ3) is 4.45. The first-order chi connectivity index (χ1) is 16.3. The fraction of sp³-hybridized carbons (Fsp3) is 0.185. The van der Waals surface area contributed by atoms with Crippen molar-refractivity contribution >= 4 is 29.4 Å². The van der Waals surface area contributed by atoms with Crippen LogP contribution in [0, 0.1) is 13.8 Å². The van der Waals surface area contributed by atoms with Crippen LogP contribution < -0.4 is 5.32 Å². The summed E-state index contributed by atoms with van der Waals surface area (Å²) in [6.45, 7) is 5.21. The van der Waals surface area contributed by atoms with Crippen LogP contribution in [0.15, 0.2) is 66.7 Å². The first-order valence-corrected chi connectivity index (χ1v) is 10.9. The Morgan fingerprint density at radius 1 is 0.882 bits per heavy atom. The summed E-state index contributed by atoms with van der Waals surface area (Å²) in [6, 6.07) is 18.5. The average molecular weight is 456 g/mol. The van der Waals surface area contributed by atoms with Gasteiger partial charge in [0, 0.05) is 5.69 Å². The lowest BCUT2D eigenvalue weighted by Crippen LogP contribution is -2.32. The summed E-state index contributed by atoms with van der Waals surface area (Å²) < 4.78 is 5.12. The second kappa shape index (κ2) is 9.31. The van der Waals surface area contributed by atoms with E-state index in [1.54, 1.807) is 13.0 Å². The first-order valence-electron chi connectivity index (χ1n) is 10.9. The molecule has 0 radical (unpaired) electrons. The van der Waals surface area contributed by atoms with Crippen LogP contribution in [0.4, 0.5) is 5.69 Å². The van der Waals surface area contributed by atoms with E-state index in [2.05, 4.69) is 5.32 Å². The van der Waals surface area contributed by atoms with E-state index in [1.165, 1.54) is 23.1 Å². The van der Waals surface area contributed by atoms with Crippen molar-refractivity contribution in [2.24, 2.45) is 0 Å². The molecule has 4 rings (SSSR count). The van der Waals surface area contributed by atoms with Gasteiger partial charge in [0.05, 0.1) is 22.7 Å². The Morgan fingerprint density at radius 3 is 2.29 bits per heavy atom. The normalized spacial score (nSPS) is 13.4. The lowest BCUT2D eigenvalue weighted by atomic mass is 10.1. The summed E-state index contributed by atoms with van der Waals surface area (Å²) in [5.74, 6) is -2.12. The molecule has 3 aromatic rings. The van der Waals surface area contributed by atoms with Crippen LogP contribution in [-0.2, 0) is 9.53 Å². The molecule has 34 heavy (non-hydrogen) atoms. The number of hydrogen-bond acceptors (Lipinski definition) is 5. The van der Waals surface area contributed by atoms with E-state index in [1.807, 2.05) is 56.3 Å². The van der Waals surface area contributed by atoms with Gasteiger partial charge in [0.15, 0.2) is 6.61 Å². The van der Waals surface area contributed by atoms with E-state index < -0.39 is 36.3 Å². The summed E-state index contributed by atoms with van der Waals surface area (Å²) in [6.07, 6.45) is 0. The molecule has 0 spiro atoms. The summed E-state index contributed by atoms with van der Waals surface area (Å²) >= 11 is 0. The zero-order chi connectivity index (χ0) is 24.4. The van der Waals surface area contributed by atoms with Crippen LogP contribution in [0.1, 0.15) is 60.7 Å². The van der Waals surface area contributed by atoms with Crippen molar-refractivity contribution in [1.29, 1.82) is 0 Å². The third-order valence-electron chi connectivity index (χ3n) is 5.95. The number of amides is 3. The molecule has 0 bridgehead atoms. The number of aryl methyl sites for hydroxylation is 2. The zero-order valence-electron chi connectivity index (χ0n) is 19.1. The largest absolute Gasteiger partial charge is 0.452 e. The molecule has 3 aromatic carbocycles. The standard InChI is InChI=1S/C27H24N2O5/c1-16-9-11-21(13-17(16)2)28-24(30)15-34-27(33)20-10-12-22-23(14-20)26(32)29(25(22)31)18(3)19-7-5-4-6-8-19/h4-14,18H,15H2,1-3H3,(H,28,30)/t18-/m1/s1. The van der Waals surface area contributed by atoms with E-state index in [4.69, 9.17) is 4.74 Å². The number of benzene rings is 3. The molecule has 1 atom stereocenters. The van der Waals surface area contributed by atoms with Crippen LogP contribution in [-0.4, -0.2) is 35.2 Å². The predicted molar refractivity (Wildman–Crippen MR) is 127 cm³/mol. The van der Waals surface area contributed by atoms with Crippen molar-refractivity contribution in [3.05, 3.63) is 100 Å². The minimum absolute atomic E-state index is 0.0908. The summed E-state index contributed by atoms with van der Waals surface area (Å²) in [7, 11) is 0. The number of esters is 1. The molecule has 0 saturated heterocycles. The molecule has 172 valence electrons. The molecule has 1 aliphatic heterocycles. The lowest BCUT2D eigenvalue weighted by molar-refractivity contribution is -0.119. The van der Waals surface area contributed by atoms with Crippen molar-refractivity contribution in [2.75, 3.05) is 11.9 Å². The van der Waals surface area contributed by atoms with E-state index >= 15 is 0 Å². The van der Waals surface area contributed by atoms with E-state index in [0.717, 1.165) is 16.7 Å². The van der Waals surface area contributed by atoms with E-state index in [0.29, 0.717) is 5.69 Å². The molecule has 1 heterocycles. The molecule has 1 aliphatic rings. The molecule has 7 heteroatoms. The summed E-state index contributed by atoms with van der Waals surface area (Å²) in [5, 5.41) is 2.68. The number of ether oxygens (including phenoxy) is 1. The zero-order valence-corrected chi connectivity index (χ0v) is 19.1. The number of carbonyl (C=O) groups is 4. The van der Waals surface area contributed by atoms with Crippen LogP contribution in [0.3, 0.4) is 0 Å². The van der Waals surface area contributed by atoms with Gasteiger partial charge >= 0.3 is 5.97 Å². The number of anilines is 1. The van der Waals surface area contributed by atoms with Gasteiger partial charge in [-0.1, -0.05) is 36.4 Å². The van der Waals surface area contributed by atoms with Gasteiger partial charge in [-0.15, -0.1) is 0 Å². The number of rotatable bonds is 6. The summed E-state index contributed by atoms with van der Waals surface area (Å²) in [4.78, 5) is 51.8. The maximum absolute atomic E-state index is 13.0. The average Bonchev–Trinajstić information content (AvgIpc) is 3.09. The minimum atomic E-state index is -0.757. The SMILES string of the molecule is Cc1ccc(NC(=O)COC(=O)c2ccc3c(c2)C(=O)N([C@H](C)c2ccccc2)C3=O)cc1C. The lowest BCUT2D eigenvalue weighted by Gasteiger charge is -2.22. The second-order valence-corrected chi connectivity index (χ2v) is 8.25. The highest BCUT2D eigenvalue weighted by molar-refractivity contribution is 6.22. The molecule has 7 nitrogen and oxygen atoms in total. The maximum atomic E-state index is 13.0. The van der Waals surface area contributed by atoms with Crippen molar-refractivity contribution in [3.63, 3.8) is 0 Å². The molecule has 1 N–H and O–H groups in total. The molecule has 0 fully saturated rings. The minimum Gasteiger partial charge on any atom is -0.452 e. The molecule has 0 saturated carbocycles. The molecule has 3 amide bonds. The Morgan fingerprint density at radius 2 is 1.59 bits per heavy atom. The number of fused-ring (bicyclic) bond motifs is 1. The van der Waals surface area contributed by atoms with Crippen LogP contribution in [0.5, 0.6) is 0 Å². The van der Waals surface area contributed by atoms with Crippen LogP contribution >= 0.6 is 0 Å². The van der Waals surface area contributed by atoms with Crippen molar-refractivity contribution in [2.45, 2.75) is 26.8 Å². The fourth-order valence-electron chi connectivity index (χ4n) is 3.85. The highest BCUT2D eigenvalue weighted by Gasteiger charge is 2.39. The van der Waals surface area contributed by atoms with Crippen LogP contribution in [0.25, 0.3) is 0 Å². The Labute approximate surface area is 197 Å². The Kier molecular flexibility index (Phi) is 6.27. The third-order valence-corrected chi connectivity index (χ3v) is 5.95. The Hall–Kier alpha value is -4.26. The molecular weight excluding hydrogens is 432 g/mol. The topological polar surface area (TPSA) is 92.8 Å². The van der Waals surface area contributed by atoms with Crippen molar-refractivity contribution < 1.29 is 23.9 Å². The van der Waals surface area contributed by atoms with Gasteiger partial charge in [-0.25, -0.2) is 4.79 Å². The van der Waals surface area contributed by atoms with Crippen LogP contribution in [0.2, 0.25) is 0 Å². The predicted octanol–water partition coefficient (Wildman–Crippen LogP) is 4.46. The van der Waals surface area contributed by atoms with Gasteiger partial charge in [0.2, 0.25) is 0 Å². The van der Waals surface area contributed by atoms with Gasteiger partial charge in [0.1, 0.15) is 0 Å². The number of nitrogens with one attached hydrogen (secondary N) is 1. The molecule has 0 aliphatic carbocycles. The first kappa shape index (κ1) is 22.9.